The number of carbonyl (C=O) groups is 1. The van der Waals surface area contributed by atoms with Gasteiger partial charge in [0.25, 0.3) is 0 Å². The molecule has 1 aromatic heterocycles. The van der Waals surface area contributed by atoms with Crippen molar-refractivity contribution in [2.45, 2.75) is 38.4 Å². The Labute approximate surface area is 148 Å². The number of carboxylic acid groups (broad SMARTS) is 1. The minimum Gasteiger partial charge on any atom is -0.480 e. The van der Waals surface area contributed by atoms with Crippen molar-refractivity contribution < 1.29 is 9.90 Å². The van der Waals surface area contributed by atoms with E-state index in [0.717, 1.165) is 31.6 Å². The quantitative estimate of drug-likeness (QED) is 0.769. The second-order valence-corrected chi connectivity index (χ2v) is 6.66. The summed E-state index contributed by atoms with van der Waals surface area (Å²) in [4.78, 5) is 13.0. The fraction of sp³-hybridized carbons (Fsp3) is 0.474. The number of aromatic nitrogens is 2. The van der Waals surface area contributed by atoms with E-state index in [1.165, 1.54) is 11.1 Å². The highest BCUT2D eigenvalue weighted by atomic mass is 16.4. The maximum absolute atomic E-state index is 10.9. The van der Waals surface area contributed by atoms with E-state index in [2.05, 4.69) is 34.7 Å². The van der Waals surface area contributed by atoms with E-state index in [0.29, 0.717) is 12.1 Å². The third-order valence-corrected chi connectivity index (χ3v) is 5.07. The van der Waals surface area contributed by atoms with Crippen LogP contribution in [0.4, 0.5) is 0 Å². The first-order chi connectivity index (χ1) is 12.1. The molecule has 0 radical (unpaired) electrons. The number of rotatable bonds is 8. The number of hydrogen-bond acceptors (Lipinski definition) is 4. The average molecular weight is 342 g/mol. The number of benzene rings is 1. The number of nitrogens with one attached hydrogen (secondary N) is 1. The minimum atomic E-state index is -0.747. The van der Waals surface area contributed by atoms with E-state index in [-0.39, 0.29) is 6.54 Å². The molecular weight excluding hydrogens is 316 g/mol. The van der Waals surface area contributed by atoms with E-state index in [1.54, 1.807) is 0 Å². The van der Waals surface area contributed by atoms with Gasteiger partial charge in [-0.15, -0.1) is 0 Å². The number of aryl methyl sites for hydroxylation is 1. The molecule has 2 aromatic rings. The second kappa shape index (κ2) is 7.80. The van der Waals surface area contributed by atoms with Gasteiger partial charge in [0, 0.05) is 37.4 Å². The summed E-state index contributed by atoms with van der Waals surface area (Å²) < 4.78 is 1.89. The van der Waals surface area contributed by atoms with E-state index in [9.17, 15) is 4.79 Å². The summed E-state index contributed by atoms with van der Waals surface area (Å²) in [5.74, 6) is -0.747. The fourth-order valence-corrected chi connectivity index (χ4v) is 3.54. The van der Waals surface area contributed by atoms with Gasteiger partial charge in [0.2, 0.25) is 0 Å². The van der Waals surface area contributed by atoms with Crippen LogP contribution in [0.3, 0.4) is 0 Å². The first-order valence-electron chi connectivity index (χ1n) is 8.84. The van der Waals surface area contributed by atoms with Crippen LogP contribution in [-0.2, 0) is 18.4 Å². The SMILES string of the molecule is CCN(CC(=O)O)C1CC(NCc2ccccc2-c2ccnn2C)C1. The molecule has 1 fully saturated rings. The molecule has 0 bridgehead atoms. The van der Waals surface area contributed by atoms with E-state index < -0.39 is 5.97 Å². The summed E-state index contributed by atoms with van der Waals surface area (Å²) in [7, 11) is 1.96. The topological polar surface area (TPSA) is 70.4 Å². The standard InChI is InChI=1S/C19H26N4O2/c1-3-23(13-19(24)25)16-10-15(11-16)20-12-14-6-4-5-7-17(14)18-8-9-21-22(18)2/h4-9,15-16,20H,3,10-13H2,1-2H3,(H,24,25). The zero-order valence-corrected chi connectivity index (χ0v) is 14.9. The van der Waals surface area contributed by atoms with Crippen LogP contribution >= 0.6 is 0 Å². The second-order valence-electron chi connectivity index (χ2n) is 6.66. The molecule has 2 N–H and O–H groups in total. The van der Waals surface area contributed by atoms with Crippen molar-refractivity contribution in [2.24, 2.45) is 7.05 Å². The van der Waals surface area contributed by atoms with Crippen LogP contribution in [0.1, 0.15) is 25.3 Å². The fourth-order valence-electron chi connectivity index (χ4n) is 3.54. The number of carboxylic acids is 1. The van der Waals surface area contributed by atoms with Crippen LogP contribution in [0.25, 0.3) is 11.3 Å². The van der Waals surface area contributed by atoms with Gasteiger partial charge in [-0.3, -0.25) is 14.4 Å². The van der Waals surface area contributed by atoms with Crippen LogP contribution in [-0.4, -0.2) is 50.9 Å². The summed E-state index contributed by atoms with van der Waals surface area (Å²) in [6.45, 7) is 3.75. The smallest absolute Gasteiger partial charge is 0.317 e. The van der Waals surface area contributed by atoms with Crippen LogP contribution in [0.15, 0.2) is 36.5 Å². The summed E-state index contributed by atoms with van der Waals surface area (Å²) in [5, 5.41) is 16.9. The number of nitrogens with zero attached hydrogens (tertiary/aromatic N) is 3. The van der Waals surface area contributed by atoms with Crippen LogP contribution < -0.4 is 5.32 Å². The molecule has 1 aliphatic rings. The molecule has 0 aliphatic heterocycles. The van der Waals surface area contributed by atoms with Crippen molar-refractivity contribution in [1.82, 2.24) is 20.0 Å². The van der Waals surface area contributed by atoms with Crippen molar-refractivity contribution in [3.63, 3.8) is 0 Å². The zero-order valence-electron chi connectivity index (χ0n) is 14.9. The molecule has 0 unspecified atom stereocenters. The lowest BCUT2D eigenvalue weighted by molar-refractivity contribution is -0.139. The Morgan fingerprint density at radius 3 is 2.76 bits per heavy atom. The van der Waals surface area contributed by atoms with E-state index in [4.69, 9.17) is 5.11 Å². The lowest BCUT2D eigenvalue weighted by Crippen LogP contribution is -2.53. The largest absolute Gasteiger partial charge is 0.480 e. The molecule has 1 aliphatic carbocycles. The summed E-state index contributed by atoms with van der Waals surface area (Å²) in [6, 6.07) is 11.3. The predicted octanol–water partition coefficient (Wildman–Crippen LogP) is 2.11. The minimum absolute atomic E-state index is 0.136. The van der Waals surface area contributed by atoms with Gasteiger partial charge in [0.1, 0.15) is 0 Å². The molecule has 1 saturated carbocycles. The Kier molecular flexibility index (Phi) is 5.50. The van der Waals surface area contributed by atoms with Crippen molar-refractivity contribution in [2.75, 3.05) is 13.1 Å². The highest BCUT2D eigenvalue weighted by Gasteiger charge is 2.33. The molecule has 6 heteroatoms. The summed E-state index contributed by atoms with van der Waals surface area (Å²) in [6.07, 6.45) is 3.84. The molecule has 25 heavy (non-hydrogen) atoms. The molecule has 1 aromatic carbocycles. The van der Waals surface area contributed by atoms with Crippen LogP contribution in [0.2, 0.25) is 0 Å². The highest BCUT2D eigenvalue weighted by molar-refractivity contribution is 5.69. The highest BCUT2D eigenvalue weighted by Crippen LogP contribution is 2.27. The van der Waals surface area contributed by atoms with Gasteiger partial charge < -0.3 is 10.4 Å². The Morgan fingerprint density at radius 2 is 2.12 bits per heavy atom. The number of likely N-dealkylation sites (N-methyl/N-ethyl adjacent to an activating group) is 1. The molecule has 3 rings (SSSR count). The molecule has 1 heterocycles. The van der Waals surface area contributed by atoms with Gasteiger partial charge in [0.05, 0.1) is 12.2 Å². The maximum atomic E-state index is 10.9. The number of hydrogen-bond donors (Lipinski definition) is 2. The molecule has 134 valence electrons. The molecule has 0 amide bonds. The first kappa shape index (κ1) is 17.6. The van der Waals surface area contributed by atoms with Crippen molar-refractivity contribution in [1.29, 1.82) is 0 Å². The lowest BCUT2D eigenvalue weighted by Gasteiger charge is -2.42. The third-order valence-electron chi connectivity index (χ3n) is 5.07. The van der Waals surface area contributed by atoms with Gasteiger partial charge in [-0.2, -0.15) is 5.10 Å². The zero-order chi connectivity index (χ0) is 17.8. The molecule has 6 nitrogen and oxygen atoms in total. The summed E-state index contributed by atoms with van der Waals surface area (Å²) in [5.41, 5.74) is 3.57. The monoisotopic (exact) mass is 342 g/mol. The Balaban J connectivity index is 1.56. The molecular formula is C19H26N4O2. The average Bonchev–Trinajstić information content (AvgIpc) is 2.98. The van der Waals surface area contributed by atoms with Gasteiger partial charge >= 0.3 is 5.97 Å². The number of aliphatic carboxylic acids is 1. The predicted molar refractivity (Wildman–Crippen MR) is 97.2 cm³/mol. The molecule has 0 spiro atoms. The van der Waals surface area contributed by atoms with E-state index in [1.807, 2.05) is 35.8 Å². The van der Waals surface area contributed by atoms with Gasteiger partial charge in [-0.25, -0.2) is 0 Å². The van der Waals surface area contributed by atoms with Gasteiger partial charge in [-0.1, -0.05) is 31.2 Å². The van der Waals surface area contributed by atoms with Crippen molar-refractivity contribution in [3.05, 3.63) is 42.1 Å². The summed E-state index contributed by atoms with van der Waals surface area (Å²) >= 11 is 0. The van der Waals surface area contributed by atoms with Crippen LogP contribution in [0, 0.1) is 0 Å². The lowest BCUT2D eigenvalue weighted by atomic mass is 9.85. The first-order valence-corrected chi connectivity index (χ1v) is 8.84. The van der Waals surface area contributed by atoms with Gasteiger partial charge in [-0.05, 0) is 31.0 Å². The Hall–Kier alpha value is -2.18. The van der Waals surface area contributed by atoms with Crippen molar-refractivity contribution in [3.8, 4) is 11.3 Å². The van der Waals surface area contributed by atoms with Crippen LogP contribution in [0.5, 0.6) is 0 Å². The molecule has 0 saturated heterocycles. The van der Waals surface area contributed by atoms with Crippen molar-refractivity contribution >= 4 is 5.97 Å². The third kappa shape index (κ3) is 4.08. The maximum Gasteiger partial charge on any atom is 0.317 e. The Bertz CT molecular complexity index is 722. The normalized spacial score (nSPS) is 19.8. The Morgan fingerprint density at radius 1 is 1.36 bits per heavy atom. The molecule has 0 atom stereocenters. The van der Waals surface area contributed by atoms with Gasteiger partial charge in [0.15, 0.2) is 0 Å². The van der Waals surface area contributed by atoms with E-state index >= 15 is 0 Å².